The minimum Gasteiger partial charge on any atom is -0.482 e. The van der Waals surface area contributed by atoms with Crippen LogP contribution in [-0.2, 0) is 27.3 Å². The zero-order chi connectivity index (χ0) is 18.4. The summed E-state index contributed by atoms with van der Waals surface area (Å²) in [5.41, 5.74) is 3.16. The number of carboxylic acid groups (broad SMARTS) is 1. The van der Waals surface area contributed by atoms with E-state index in [1.807, 2.05) is 24.3 Å². The number of aliphatic carboxylic acids is 1. The van der Waals surface area contributed by atoms with E-state index in [-0.39, 0.29) is 18.4 Å². The predicted molar refractivity (Wildman–Crippen MR) is 94.9 cm³/mol. The van der Waals surface area contributed by atoms with E-state index in [1.54, 1.807) is 18.2 Å². The second-order valence-corrected chi connectivity index (χ2v) is 6.12. The molecule has 0 radical (unpaired) electrons. The van der Waals surface area contributed by atoms with Crippen molar-refractivity contribution in [3.05, 3.63) is 65.2 Å². The molecular weight excluding hydrogens is 334 g/mol. The molecule has 6 heteroatoms. The van der Waals surface area contributed by atoms with E-state index in [0.29, 0.717) is 18.9 Å². The van der Waals surface area contributed by atoms with Crippen LogP contribution < -0.4 is 10.1 Å². The SMILES string of the molecule is O=C(O)COc1cccc(CNC(=O)CC2OCCc3ccccc32)c1. The molecular formula is C20H21NO5. The Labute approximate surface area is 151 Å². The molecule has 2 aromatic carbocycles. The Morgan fingerprint density at radius 1 is 1.19 bits per heavy atom. The number of benzene rings is 2. The standard InChI is InChI=1S/C20H21NO5/c22-19(11-18-17-7-2-1-5-15(17)8-9-25-18)21-12-14-4-3-6-16(10-14)26-13-20(23)24/h1-7,10,18H,8-9,11-13H2,(H,21,22)(H,23,24). The number of carbonyl (C=O) groups is 2. The normalized spacial score (nSPS) is 15.8. The number of carboxylic acids is 1. The van der Waals surface area contributed by atoms with Crippen LogP contribution in [0.2, 0.25) is 0 Å². The van der Waals surface area contributed by atoms with E-state index < -0.39 is 12.6 Å². The lowest BCUT2D eigenvalue weighted by molar-refractivity contribution is -0.139. The van der Waals surface area contributed by atoms with Crippen molar-refractivity contribution in [3.63, 3.8) is 0 Å². The summed E-state index contributed by atoms with van der Waals surface area (Å²) in [6.07, 6.45) is 0.925. The van der Waals surface area contributed by atoms with Crippen LogP contribution in [0.15, 0.2) is 48.5 Å². The van der Waals surface area contributed by atoms with Gasteiger partial charge in [0.2, 0.25) is 5.91 Å². The lowest BCUT2D eigenvalue weighted by Crippen LogP contribution is -2.27. The van der Waals surface area contributed by atoms with Crippen LogP contribution in [0.3, 0.4) is 0 Å². The van der Waals surface area contributed by atoms with Crippen molar-refractivity contribution in [2.75, 3.05) is 13.2 Å². The Bertz CT molecular complexity index is 789. The molecule has 6 nitrogen and oxygen atoms in total. The monoisotopic (exact) mass is 355 g/mol. The Hall–Kier alpha value is -2.86. The fourth-order valence-corrected chi connectivity index (χ4v) is 2.98. The molecule has 2 N–H and O–H groups in total. The fourth-order valence-electron chi connectivity index (χ4n) is 2.98. The molecule has 2 aromatic rings. The van der Waals surface area contributed by atoms with Gasteiger partial charge in [0.05, 0.1) is 19.1 Å². The molecule has 0 aliphatic carbocycles. The maximum atomic E-state index is 12.3. The van der Waals surface area contributed by atoms with Gasteiger partial charge in [-0.05, 0) is 35.2 Å². The molecule has 0 bridgehead atoms. The van der Waals surface area contributed by atoms with Crippen molar-refractivity contribution in [2.45, 2.75) is 25.5 Å². The van der Waals surface area contributed by atoms with E-state index in [1.165, 1.54) is 5.56 Å². The molecule has 0 spiro atoms. The number of fused-ring (bicyclic) bond motifs is 1. The van der Waals surface area contributed by atoms with Crippen LogP contribution in [0.4, 0.5) is 0 Å². The van der Waals surface area contributed by atoms with Crippen molar-refractivity contribution in [1.82, 2.24) is 5.32 Å². The number of carbonyl (C=O) groups excluding carboxylic acids is 1. The van der Waals surface area contributed by atoms with Gasteiger partial charge in [-0.3, -0.25) is 4.79 Å². The molecule has 136 valence electrons. The zero-order valence-corrected chi connectivity index (χ0v) is 14.3. The summed E-state index contributed by atoms with van der Waals surface area (Å²) >= 11 is 0. The Morgan fingerprint density at radius 3 is 2.88 bits per heavy atom. The van der Waals surface area contributed by atoms with Crippen LogP contribution in [0.5, 0.6) is 5.75 Å². The minimum absolute atomic E-state index is 0.0939. The molecule has 1 heterocycles. The third-order valence-electron chi connectivity index (χ3n) is 4.21. The van der Waals surface area contributed by atoms with Gasteiger partial charge in [0.25, 0.3) is 0 Å². The first-order chi connectivity index (χ1) is 12.6. The smallest absolute Gasteiger partial charge is 0.341 e. The third kappa shape index (κ3) is 4.83. The Kier molecular flexibility index (Phi) is 5.86. The van der Waals surface area contributed by atoms with Crippen LogP contribution in [0.25, 0.3) is 0 Å². The minimum atomic E-state index is -1.03. The quantitative estimate of drug-likeness (QED) is 0.797. The lowest BCUT2D eigenvalue weighted by Gasteiger charge is -2.25. The lowest BCUT2D eigenvalue weighted by atomic mass is 9.95. The molecule has 0 aromatic heterocycles. The largest absolute Gasteiger partial charge is 0.482 e. The van der Waals surface area contributed by atoms with Crippen molar-refractivity contribution in [2.24, 2.45) is 0 Å². The summed E-state index contributed by atoms with van der Waals surface area (Å²) in [6, 6.07) is 15.1. The number of amides is 1. The van der Waals surface area contributed by atoms with E-state index in [9.17, 15) is 9.59 Å². The summed E-state index contributed by atoms with van der Waals surface area (Å²) in [5.74, 6) is -0.663. The average Bonchev–Trinajstić information content (AvgIpc) is 2.65. The first kappa shape index (κ1) is 17.9. The van der Waals surface area contributed by atoms with Gasteiger partial charge in [0.1, 0.15) is 5.75 Å². The molecule has 1 aliphatic rings. The van der Waals surface area contributed by atoms with E-state index >= 15 is 0 Å². The molecule has 0 fully saturated rings. The first-order valence-corrected chi connectivity index (χ1v) is 8.51. The molecule has 26 heavy (non-hydrogen) atoms. The van der Waals surface area contributed by atoms with Crippen molar-refractivity contribution in [3.8, 4) is 5.75 Å². The van der Waals surface area contributed by atoms with Gasteiger partial charge in [-0.25, -0.2) is 4.79 Å². The maximum Gasteiger partial charge on any atom is 0.341 e. The van der Waals surface area contributed by atoms with E-state index in [4.69, 9.17) is 14.6 Å². The van der Waals surface area contributed by atoms with Gasteiger partial charge >= 0.3 is 5.97 Å². The van der Waals surface area contributed by atoms with Gasteiger partial charge in [-0.1, -0.05) is 36.4 Å². The molecule has 1 aliphatic heterocycles. The van der Waals surface area contributed by atoms with E-state index in [2.05, 4.69) is 11.4 Å². The van der Waals surface area contributed by atoms with Crippen molar-refractivity contribution in [1.29, 1.82) is 0 Å². The molecule has 0 saturated carbocycles. The van der Waals surface area contributed by atoms with Gasteiger partial charge in [0, 0.05) is 6.54 Å². The summed E-state index contributed by atoms with van der Waals surface area (Å²) in [5, 5.41) is 11.5. The van der Waals surface area contributed by atoms with Gasteiger partial charge in [-0.2, -0.15) is 0 Å². The highest BCUT2D eigenvalue weighted by molar-refractivity contribution is 5.76. The predicted octanol–water partition coefficient (Wildman–Crippen LogP) is 2.47. The number of nitrogens with one attached hydrogen (secondary N) is 1. The highest BCUT2D eigenvalue weighted by Gasteiger charge is 2.22. The van der Waals surface area contributed by atoms with Gasteiger partial charge in [0.15, 0.2) is 6.61 Å². The summed E-state index contributed by atoms with van der Waals surface area (Å²) in [4.78, 5) is 22.8. The number of hydrogen-bond donors (Lipinski definition) is 2. The maximum absolute atomic E-state index is 12.3. The second kappa shape index (κ2) is 8.49. The molecule has 3 rings (SSSR count). The number of rotatable bonds is 7. The Balaban J connectivity index is 1.53. The first-order valence-electron chi connectivity index (χ1n) is 8.51. The van der Waals surface area contributed by atoms with E-state index in [0.717, 1.165) is 17.5 Å². The van der Waals surface area contributed by atoms with Gasteiger partial charge < -0.3 is 19.9 Å². The van der Waals surface area contributed by atoms with Crippen LogP contribution in [0.1, 0.15) is 29.2 Å². The van der Waals surface area contributed by atoms with Gasteiger partial charge in [-0.15, -0.1) is 0 Å². The average molecular weight is 355 g/mol. The number of ether oxygens (including phenoxy) is 2. The molecule has 1 amide bonds. The van der Waals surface area contributed by atoms with Crippen molar-refractivity contribution >= 4 is 11.9 Å². The van der Waals surface area contributed by atoms with Crippen LogP contribution in [-0.4, -0.2) is 30.2 Å². The molecule has 1 atom stereocenters. The highest BCUT2D eigenvalue weighted by Crippen LogP contribution is 2.29. The number of hydrogen-bond acceptors (Lipinski definition) is 4. The highest BCUT2D eigenvalue weighted by atomic mass is 16.5. The Morgan fingerprint density at radius 2 is 2.04 bits per heavy atom. The summed E-state index contributed by atoms with van der Waals surface area (Å²) < 4.78 is 10.9. The third-order valence-corrected chi connectivity index (χ3v) is 4.21. The fraction of sp³-hybridized carbons (Fsp3) is 0.300. The van der Waals surface area contributed by atoms with Crippen LogP contribution >= 0.6 is 0 Å². The summed E-state index contributed by atoms with van der Waals surface area (Å²) in [7, 11) is 0. The second-order valence-electron chi connectivity index (χ2n) is 6.12. The topological polar surface area (TPSA) is 84.9 Å². The van der Waals surface area contributed by atoms with Crippen LogP contribution in [0, 0.1) is 0 Å². The molecule has 0 saturated heterocycles. The zero-order valence-electron chi connectivity index (χ0n) is 14.3. The van der Waals surface area contributed by atoms with Crippen molar-refractivity contribution < 1.29 is 24.2 Å². The molecule has 1 unspecified atom stereocenters. The summed E-state index contributed by atoms with van der Waals surface area (Å²) in [6.45, 7) is 0.573.